The van der Waals surface area contributed by atoms with Crippen molar-refractivity contribution in [2.75, 3.05) is 21.3 Å². The molecule has 1 atom stereocenters. The standard InChI is InChI=1S/C33H43O6P/c1-31(2,3)24-16-19(35-10)13-14-21(24)27-26(37-12)18-23-22-15-20(36-11)17-25(32(4,5)6)29(22)38-40(34)39-30(23)28(27)33(7,8)9/h13-18,34H,1-12H3. The van der Waals surface area contributed by atoms with Crippen LogP contribution in [0.5, 0.6) is 17.2 Å². The minimum Gasteiger partial charge on any atom is -0.497 e. The topological polar surface area (TPSA) is 74.2 Å². The molecule has 0 aliphatic rings. The van der Waals surface area contributed by atoms with E-state index in [1.165, 1.54) is 0 Å². The van der Waals surface area contributed by atoms with Gasteiger partial charge in [0.15, 0.2) is 0 Å². The summed E-state index contributed by atoms with van der Waals surface area (Å²) in [5.41, 5.74) is 5.23. The Kier molecular flexibility index (Phi) is 7.77. The molecule has 3 aromatic carbocycles. The van der Waals surface area contributed by atoms with Gasteiger partial charge in [-0.25, -0.2) is 0 Å². The molecule has 0 radical (unpaired) electrons. The Balaban J connectivity index is 2.34. The minimum absolute atomic E-state index is 0.189. The third kappa shape index (κ3) is 5.44. The second-order valence-corrected chi connectivity index (χ2v) is 14.2. The minimum atomic E-state index is -2.27. The normalized spacial score (nSPS) is 13.1. The lowest BCUT2D eigenvalue weighted by Gasteiger charge is -2.29. The average Bonchev–Trinajstić information content (AvgIpc) is 2.99. The van der Waals surface area contributed by atoms with Gasteiger partial charge < -0.3 is 22.6 Å². The molecule has 1 aromatic heterocycles. The van der Waals surface area contributed by atoms with Gasteiger partial charge in [-0.05, 0) is 57.7 Å². The summed E-state index contributed by atoms with van der Waals surface area (Å²) in [4.78, 5) is 11.2. The fourth-order valence-corrected chi connectivity index (χ4v) is 6.05. The van der Waals surface area contributed by atoms with E-state index in [0.717, 1.165) is 44.3 Å². The van der Waals surface area contributed by atoms with Gasteiger partial charge in [0.05, 0.1) is 21.3 Å². The molecule has 0 amide bonds. The lowest BCUT2D eigenvalue weighted by molar-refractivity contribution is 0.411. The van der Waals surface area contributed by atoms with Crippen molar-refractivity contribution in [3.05, 3.63) is 53.1 Å². The van der Waals surface area contributed by atoms with Crippen LogP contribution < -0.4 is 14.2 Å². The number of hydrogen-bond donors (Lipinski definition) is 1. The molecule has 0 aliphatic heterocycles. The lowest BCUT2D eigenvalue weighted by atomic mass is 9.75. The lowest BCUT2D eigenvalue weighted by Crippen LogP contribution is -2.17. The van der Waals surface area contributed by atoms with Crippen molar-refractivity contribution >= 4 is 30.2 Å². The van der Waals surface area contributed by atoms with E-state index in [1.807, 2.05) is 24.3 Å². The molecule has 40 heavy (non-hydrogen) atoms. The van der Waals surface area contributed by atoms with E-state index in [4.69, 9.17) is 22.6 Å². The number of benzene rings is 3. The van der Waals surface area contributed by atoms with Crippen molar-refractivity contribution in [1.29, 1.82) is 0 Å². The van der Waals surface area contributed by atoms with E-state index < -0.39 is 13.7 Å². The van der Waals surface area contributed by atoms with Crippen LogP contribution >= 0.6 is 8.24 Å². The number of ether oxygens (including phenoxy) is 3. The maximum atomic E-state index is 11.2. The third-order valence-electron chi connectivity index (χ3n) is 7.25. The average molecular weight is 567 g/mol. The Morgan fingerprint density at radius 2 is 1.18 bits per heavy atom. The van der Waals surface area contributed by atoms with Gasteiger partial charge in [-0.3, -0.25) is 4.89 Å². The van der Waals surface area contributed by atoms with Gasteiger partial charge in [-0.1, -0.05) is 68.4 Å². The zero-order valence-corrected chi connectivity index (χ0v) is 26.8. The highest BCUT2D eigenvalue weighted by Crippen LogP contribution is 2.50. The smallest absolute Gasteiger partial charge is 0.384 e. The zero-order chi connectivity index (χ0) is 29.8. The second-order valence-electron chi connectivity index (χ2n) is 13.3. The molecule has 6 nitrogen and oxygen atoms in total. The van der Waals surface area contributed by atoms with Crippen LogP contribution in [0.15, 0.2) is 44.8 Å². The molecule has 0 fully saturated rings. The van der Waals surface area contributed by atoms with Crippen LogP contribution in [-0.2, 0) is 16.2 Å². The zero-order valence-electron chi connectivity index (χ0n) is 25.9. The molecule has 1 heterocycles. The predicted molar refractivity (Wildman–Crippen MR) is 165 cm³/mol. The molecule has 7 heteroatoms. The molecular weight excluding hydrogens is 523 g/mol. The number of hydrogen-bond acceptors (Lipinski definition) is 6. The van der Waals surface area contributed by atoms with E-state index in [2.05, 4.69) is 74.4 Å². The van der Waals surface area contributed by atoms with Crippen LogP contribution in [0.2, 0.25) is 0 Å². The Bertz CT molecular complexity index is 1610. The molecule has 1 N–H and O–H groups in total. The number of methoxy groups -OCH3 is 3. The number of rotatable bonds is 4. The Morgan fingerprint density at radius 1 is 0.625 bits per heavy atom. The summed E-state index contributed by atoms with van der Waals surface area (Å²) in [6.07, 6.45) is 0. The van der Waals surface area contributed by atoms with E-state index in [-0.39, 0.29) is 10.8 Å². The van der Waals surface area contributed by atoms with Crippen LogP contribution in [0.3, 0.4) is 0 Å². The van der Waals surface area contributed by atoms with Crippen LogP contribution in [0, 0.1) is 0 Å². The fourth-order valence-electron chi connectivity index (χ4n) is 5.32. The quantitative estimate of drug-likeness (QED) is 0.265. The summed E-state index contributed by atoms with van der Waals surface area (Å²) in [7, 11) is 2.76. The van der Waals surface area contributed by atoms with Crippen molar-refractivity contribution in [1.82, 2.24) is 0 Å². The van der Waals surface area contributed by atoms with Gasteiger partial charge in [-0.2, -0.15) is 0 Å². The molecule has 216 valence electrons. The van der Waals surface area contributed by atoms with Crippen molar-refractivity contribution in [3.63, 3.8) is 0 Å². The molecule has 0 aliphatic carbocycles. The SMILES string of the molecule is COc1ccc(-c2c(OC)cc3c(op(O)oc4c(C(C)(C)C)cc(OC)cc43)c2C(C)(C)C)c(C(C)(C)C)c1. The first kappa shape index (κ1) is 29.9. The molecule has 0 bridgehead atoms. The summed E-state index contributed by atoms with van der Waals surface area (Å²) < 4.78 is 30.0. The van der Waals surface area contributed by atoms with E-state index in [1.54, 1.807) is 21.3 Å². The van der Waals surface area contributed by atoms with E-state index in [0.29, 0.717) is 22.7 Å². The first-order chi connectivity index (χ1) is 18.5. The third-order valence-corrected chi connectivity index (χ3v) is 7.93. The first-order valence-electron chi connectivity index (χ1n) is 13.5. The van der Waals surface area contributed by atoms with Crippen LogP contribution in [-0.4, -0.2) is 26.2 Å². The highest BCUT2D eigenvalue weighted by molar-refractivity contribution is 7.30. The molecular formula is C33H43O6P. The van der Waals surface area contributed by atoms with E-state index >= 15 is 0 Å². The van der Waals surface area contributed by atoms with E-state index in [9.17, 15) is 4.89 Å². The van der Waals surface area contributed by atoms with Crippen molar-refractivity contribution in [2.45, 2.75) is 78.6 Å². The highest BCUT2D eigenvalue weighted by atomic mass is 31.1. The van der Waals surface area contributed by atoms with Gasteiger partial charge in [0.25, 0.3) is 0 Å². The molecule has 0 saturated carbocycles. The summed E-state index contributed by atoms with van der Waals surface area (Å²) >= 11 is 0. The largest absolute Gasteiger partial charge is 0.497 e. The number of fused-ring (bicyclic) bond motifs is 3. The fraction of sp³-hybridized carbons (Fsp3) is 0.455. The van der Waals surface area contributed by atoms with Gasteiger partial charge in [0.2, 0.25) is 0 Å². The summed E-state index contributed by atoms with van der Waals surface area (Å²) in [5.74, 6) is 2.20. The maximum Gasteiger partial charge on any atom is 0.384 e. The maximum absolute atomic E-state index is 11.2. The Hall–Kier alpha value is -3.08. The summed E-state index contributed by atoms with van der Waals surface area (Å²) in [6.45, 7) is 19.3. The second kappa shape index (κ2) is 10.4. The van der Waals surface area contributed by atoms with Crippen LogP contribution in [0.25, 0.3) is 33.1 Å². The highest BCUT2D eigenvalue weighted by Gasteiger charge is 2.32. The predicted octanol–water partition coefficient (Wildman–Crippen LogP) is 9.63. The first-order valence-corrected chi connectivity index (χ1v) is 14.7. The van der Waals surface area contributed by atoms with Crippen molar-refractivity contribution < 1.29 is 27.5 Å². The van der Waals surface area contributed by atoms with Gasteiger partial charge in [0, 0.05) is 27.5 Å². The Labute approximate surface area is 238 Å². The summed E-state index contributed by atoms with van der Waals surface area (Å²) in [6, 6.07) is 12.1. The molecule has 4 rings (SSSR count). The molecule has 1 unspecified atom stereocenters. The molecule has 0 saturated heterocycles. The molecule has 4 aromatic rings. The van der Waals surface area contributed by atoms with Crippen LogP contribution in [0.1, 0.15) is 79.0 Å². The van der Waals surface area contributed by atoms with Gasteiger partial charge in [-0.15, -0.1) is 0 Å². The summed E-state index contributed by atoms with van der Waals surface area (Å²) in [5, 5.41) is 1.58. The van der Waals surface area contributed by atoms with Crippen molar-refractivity contribution in [2.24, 2.45) is 0 Å². The van der Waals surface area contributed by atoms with Crippen LogP contribution in [0.4, 0.5) is 0 Å². The van der Waals surface area contributed by atoms with Crippen molar-refractivity contribution in [3.8, 4) is 28.4 Å². The van der Waals surface area contributed by atoms with Gasteiger partial charge >= 0.3 is 8.24 Å². The Morgan fingerprint density at radius 3 is 1.70 bits per heavy atom. The van der Waals surface area contributed by atoms with Gasteiger partial charge in [0.1, 0.15) is 28.4 Å². The molecule has 0 spiro atoms. The monoisotopic (exact) mass is 566 g/mol.